The van der Waals surface area contributed by atoms with Gasteiger partial charge < -0.3 is 33.9 Å². The van der Waals surface area contributed by atoms with Gasteiger partial charge in [-0.2, -0.15) is 0 Å². The van der Waals surface area contributed by atoms with Gasteiger partial charge >= 0.3 is 5.97 Å². The van der Waals surface area contributed by atoms with Gasteiger partial charge in [0.05, 0.1) is 6.26 Å². The first-order chi connectivity index (χ1) is 10.8. The van der Waals surface area contributed by atoms with E-state index in [2.05, 4.69) is 0 Å². The zero-order valence-corrected chi connectivity index (χ0v) is 12.5. The molecule has 1 fully saturated rings. The van der Waals surface area contributed by atoms with E-state index in [4.69, 9.17) is 18.6 Å². The Labute approximate surface area is 131 Å². The number of carbonyl (C=O) groups excluding carboxylic acids is 1. The molecule has 1 aromatic rings. The van der Waals surface area contributed by atoms with Gasteiger partial charge in [0.15, 0.2) is 0 Å². The van der Waals surface area contributed by atoms with Crippen molar-refractivity contribution in [1.29, 1.82) is 0 Å². The lowest BCUT2D eigenvalue weighted by Gasteiger charge is -2.39. The molecule has 1 aromatic heterocycles. The van der Waals surface area contributed by atoms with Gasteiger partial charge in [-0.25, -0.2) is 0 Å². The maximum atomic E-state index is 11.8. The van der Waals surface area contributed by atoms with Gasteiger partial charge in [-0.05, 0) is 6.92 Å². The van der Waals surface area contributed by atoms with E-state index in [1.807, 2.05) is 0 Å². The highest BCUT2D eigenvalue weighted by Gasteiger charge is 2.45. The van der Waals surface area contributed by atoms with Crippen LogP contribution in [-0.2, 0) is 14.3 Å². The van der Waals surface area contributed by atoms with Crippen LogP contribution in [0.25, 0.3) is 0 Å². The van der Waals surface area contributed by atoms with Crippen LogP contribution < -0.4 is 10.2 Å². The fourth-order valence-corrected chi connectivity index (χ4v) is 2.11. The minimum atomic E-state index is -1.61. The normalized spacial score (nSPS) is 30.7. The van der Waals surface area contributed by atoms with Gasteiger partial charge in [-0.1, -0.05) is 0 Å². The molecule has 0 unspecified atom stereocenters. The molecule has 2 heterocycles. The van der Waals surface area contributed by atoms with E-state index in [9.17, 15) is 24.9 Å². The van der Waals surface area contributed by atoms with Crippen LogP contribution in [0.1, 0.15) is 12.7 Å². The zero-order chi connectivity index (χ0) is 17.1. The summed E-state index contributed by atoms with van der Waals surface area (Å²) >= 11 is 0. The number of hydrogen-bond acceptors (Lipinski definition) is 9. The predicted molar refractivity (Wildman–Crippen MR) is 73.7 cm³/mol. The first kappa shape index (κ1) is 17.4. The van der Waals surface area contributed by atoms with Crippen molar-refractivity contribution in [2.75, 3.05) is 6.61 Å². The van der Waals surface area contributed by atoms with E-state index in [0.717, 1.165) is 6.07 Å². The molecule has 0 aromatic carbocycles. The lowest BCUT2D eigenvalue weighted by Crippen LogP contribution is -2.60. The molecular weight excluding hydrogens is 312 g/mol. The summed E-state index contributed by atoms with van der Waals surface area (Å²) in [6.45, 7) is 2.31. The molecule has 5 atom stereocenters. The minimum absolute atomic E-state index is 0.158. The number of hydrogen-bond donors (Lipinski definition) is 3. The highest BCUT2D eigenvalue weighted by atomic mass is 16.7. The molecule has 9 heteroatoms. The first-order valence-corrected chi connectivity index (χ1v) is 6.89. The van der Waals surface area contributed by atoms with Crippen LogP contribution in [0.3, 0.4) is 0 Å². The van der Waals surface area contributed by atoms with Gasteiger partial charge in [0.1, 0.15) is 36.8 Å². The Morgan fingerprint density at radius 3 is 2.57 bits per heavy atom. The summed E-state index contributed by atoms with van der Waals surface area (Å²) in [6, 6.07) is 1.12. The summed E-state index contributed by atoms with van der Waals surface area (Å²) in [4.78, 5) is 22.6. The summed E-state index contributed by atoms with van der Waals surface area (Å²) in [5.74, 6) is -0.629. The summed E-state index contributed by atoms with van der Waals surface area (Å²) in [5, 5.41) is 29.7. The number of aliphatic hydroxyl groups is 3. The molecule has 3 N–H and O–H groups in total. The lowest BCUT2D eigenvalue weighted by atomic mass is 9.99. The van der Waals surface area contributed by atoms with E-state index in [1.54, 1.807) is 0 Å². The molecular formula is C14H18O9. The molecule has 0 spiro atoms. The average Bonchev–Trinajstić information content (AvgIpc) is 2.49. The quantitative estimate of drug-likeness (QED) is 0.575. The summed E-state index contributed by atoms with van der Waals surface area (Å²) in [7, 11) is 0. The van der Waals surface area contributed by atoms with Crippen molar-refractivity contribution in [3.05, 3.63) is 28.3 Å². The average molecular weight is 330 g/mol. The van der Waals surface area contributed by atoms with Gasteiger partial charge in [0, 0.05) is 13.0 Å². The van der Waals surface area contributed by atoms with E-state index in [0.29, 0.717) is 0 Å². The second-order valence-electron chi connectivity index (χ2n) is 5.11. The van der Waals surface area contributed by atoms with Crippen molar-refractivity contribution < 1.29 is 38.7 Å². The SMILES string of the molecule is CC(=O)OC[C@H]1O[C@@H](Oc2c(C)occc2=O)[C@H](O)[C@@H](O)[C@@H]1O. The maximum Gasteiger partial charge on any atom is 0.302 e. The van der Waals surface area contributed by atoms with Crippen molar-refractivity contribution >= 4 is 5.97 Å². The van der Waals surface area contributed by atoms with E-state index >= 15 is 0 Å². The highest BCUT2D eigenvalue weighted by Crippen LogP contribution is 2.24. The van der Waals surface area contributed by atoms with Crippen LogP contribution in [0, 0.1) is 6.92 Å². The number of ether oxygens (including phenoxy) is 3. The van der Waals surface area contributed by atoms with Gasteiger partial charge in [-0.15, -0.1) is 0 Å². The molecule has 128 valence electrons. The Kier molecular flexibility index (Phi) is 5.37. The van der Waals surface area contributed by atoms with Gasteiger partial charge in [0.2, 0.25) is 17.5 Å². The molecule has 2 rings (SSSR count). The molecule has 0 radical (unpaired) electrons. The van der Waals surface area contributed by atoms with E-state index in [1.165, 1.54) is 20.1 Å². The molecule has 1 saturated heterocycles. The lowest BCUT2D eigenvalue weighted by molar-refractivity contribution is -0.278. The Hall–Kier alpha value is -1.94. The van der Waals surface area contributed by atoms with Gasteiger partial charge in [-0.3, -0.25) is 9.59 Å². The van der Waals surface area contributed by atoms with Crippen LogP contribution >= 0.6 is 0 Å². The largest absolute Gasteiger partial charge is 0.465 e. The number of carbonyl (C=O) groups is 1. The number of aliphatic hydroxyl groups excluding tert-OH is 3. The molecule has 1 aliphatic heterocycles. The van der Waals surface area contributed by atoms with Crippen molar-refractivity contribution in [3.8, 4) is 5.75 Å². The summed E-state index contributed by atoms with van der Waals surface area (Å²) < 4.78 is 20.4. The van der Waals surface area contributed by atoms with Crippen molar-refractivity contribution in [2.45, 2.75) is 44.6 Å². The highest BCUT2D eigenvalue weighted by molar-refractivity contribution is 5.65. The van der Waals surface area contributed by atoms with Gasteiger partial charge in [0.25, 0.3) is 0 Å². The first-order valence-electron chi connectivity index (χ1n) is 6.89. The fourth-order valence-electron chi connectivity index (χ4n) is 2.11. The molecule has 0 bridgehead atoms. The molecule has 0 amide bonds. The number of aryl methyl sites for hydroxylation is 1. The predicted octanol–water partition coefficient (Wildman–Crippen LogP) is -1.30. The third-order valence-corrected chi connectivity index (χ3v) is 3.36. The Morgan fingerprint density at radius 1 is 1.26 bits per heavy atom. The topological polar surface area (TPSA) is 136 Å². The van der Waals surface area contributed by atoms with Crippen LogP contribution in [0.4, 0.5) is 0 Å². The Bertz CT molecular complexity index is 611. The molecule has 0 aliphatic carbocycles. The molecule has 0 saturated carbocycles. The molecule has 9 nitrogen and oxygen atoms in total. The van der Waals surface area contributed by atoms with Crippen molar-refractivity contribution in [3.63, 3.8) is 0 Å². The molecule has 23 heavy (non-hydrogen) atoms. The number of rotatable bonds is 4. The smallest absolute Gasteiger partial charge is 0.302 e. The van der Waals surface area contributed by atoms with E-state index < -0.39 is 42.1 Å². The zero-order valence-electron chi connectivity index (χ0n) is 12.5. The molecule has 1 aliphatic rings. The monoisotopic (exact) mass is 330 g/mol. The van der Waals surface area contributed by atoms with Crippen LogP contribution in [0.2, 0.25) is 0 Å². The van der Waals surface area contributed by atoms with Crippen LogP contribution in [-0.4, -0.2) is 58.6 Å². The summed E-state index contributed by atoms with van der Waals surface area (Å²) in [6.07, 6.45) is -6.10. The fraction of sp³-hybridized carbons (Fsp3) is 0.571. The second kappa shape index (κ2) is 7.09. The van der Waals surface area contributed by atoms with Crippen molar-refractivity contribution in [2.24, 2.45) is 0 Å². The summed E-state index contributed by atoms with van der Waals surface area (Å²) in [5.41, 5.74) is -0.498. The van der Waals surface area contributed by atoms with E-state index in [-0.39, 0.29) is 18.1 Å². The second-order valence-corrected chi connectivity index (χ2v) is 5.11. The third kappa shape index (κ3) is 3.88. The number of esters is 1. The Balaban J connectivity index is 2.16. The minimum Gasteiger partial charge on any atom is -0.465 e. The standard InChI is InChI=1S/C14H18O9/c1-6-13(8(16)3-4-20-6)23-14-12(19)11(18)10(17)9(22-14)5-21-7(2)15/h3-4,9-12,14,17-19H,5H2,1-2H3/t9-,10-,11+,12-,14+/m1/s1. The van der Waals surface area contributed by atoms with Crippen LogP contribution in [0.5, 0.6) is 5.75 Å². The van der Waals surface area contributed by atoms with Crippen LogP contribution in [0.15, 0.2) is 21.5 Å². The Morgan fingerprint density at radius 2 is 1.96 bits per heavy atom. The maximum absolute atomic E-state index is 11.8. The third-order valence-electron chi connectivity index (χ3n) is 3.36. The van der Waals surface area contributed by atoms with Crippen molar-refractivity contribution in [1.82, 2.24) is 0 Å².